The second-order valence-corrected chi connectivity index (χ2v) is 11.9. The van der Waals surface area contributed by atoms with Crippen LogP contribution in [0.5, 0.6) is 0 Å². The van der Waals surface area contributed by atoms with Crippen molar-refractivity contribution in [2.45, 2.75) is 125 Å². The van der Waals surface area contributed by atoms with Crippen LogP contribution in [0.3, 0.4) is 0 Å². The third-order valence-corrected chi connectivity index (χ3v) is 7.83. The largest absolute Gasteiger partial charge is 0.267 e. The normalized spacial score (nSPS) is 24.2. The van der Waals surface area contributed by atoms with Crippen molar-refractivity contribution in [1.29, 1.82) is 0 Å². The highest BCUT2D eigenvalue weighted by molar-refractivity contribution is 5.34. The van der Waals surface area contributed by atoms with E-state index in [1.807, 2.05) is 0 Å². The predicted molar refractivity (Wildman–Crippen MR) is 139 cm³/mol. The molecule has 3 rings (SSSR count). The van der Waals surface area contributed by atoms with Gasteiger partial charge < -0.3 is 0 Å². The standard InChI is InChI=1S/C30H50N2/c1-8-9-10-27-16-23(6)17-28(18-27)20-30-29(24(7)32(31-30)22(4)5)19-26-13-11-25(12-14-26)15-21(2)3/h11,13,21-23,27-28H,8-10,12,14-20H2,1-7H3. The summed E-state index contributed by atoms with van der Waals surface area (Å²) >= 11 is 0. The van der Waals surface area contributed by atoms with Crippen molar-refractivity contribution in [1.82, 2.24) is 9.78 Å². The SMILES string of the molecule is CCCCC1CC(C)CC(Cc2nn(C(C)C)c(C)c2CC2=CC=C(CC(C)C)CC2)C1. The van der Waals surface area contributed by atoms with E-state index >= 15 is 0 Å². The minimum Gasteiger partial charge on any atom is -0.267 e. The van der Waals surface area contributed by atoms with Crippen molar-refractivity contribution >= 4 is 0 Å². The van der Waals surface area contributed by atoms with Gasteiger partial charge in [0.1, 0.15) is 0 Å². The summed E-state index contributed by atoms with van der Waals surface area (Å²) in [5.74, 6) is 3.38. The molecule has 1 aromatic rings. The zero-order chi connectivity index (χ0) is 23.3. The number of aromatic nitrogens is 2. The lowest BCUT2D eigenvalue weighted by molar-refractivity contribution is 0.193. The van der Waals surface area contributed by atoms with Crippen molar-refractivity contribution in [3.05, 3.63) is 40.2 Å². The first kappa shape index (κ1) is 25.3. The molecule has 0 spiro atoms. The first-order valence-electron chi connectivity index (χ1n) is 13.7. The molecule has 0 N–H and O–H groups in total. The number of rotatable bonds is 10. The zero-order valence-corrected chi connectivity index (χ0v) is 22.2. The molecule has 1 aromatic heterocycles. The minimum absolute atomic E-state index is 0.433. The van der Waals surface area contributed by atoms with Crippen LogP contribution in [0, 0.1) is 30.6 Å². The Labute approximate surface area is 199 Å². The molecule has 0 radical (unpaired) electrons. The fourth-order valence-corrected chi connectivity index (χ4v) is 6.37. The molecule has 0 bridgehead atoms. The number of nitrogens with zero attached hydrogens (tertiary/aromatic N) is 2. The van der Waals surface area contributed by atoms with Gasteiger partial charge in [-0.05, 0) is 95.8 Å². The van der Waals surface area contributed by atoms with Gasteiger partial charge in [-0.25, -0.2) is 0 Å². The van der Waals surface area contributed by atoms with Gasteiger partial charge in [0.2, 0.25) is 0 Å². The van der Waals surface area contributed by atoms with E-state index in [0.717, 1.165) is 30.1 Å². The monoisotopic (exact) mass is 438 g/mol. The van der Waals surface area contributed by atoms with Crippen LogP contribution in [0.25, 0.3) is 0 Å². The van der Waals surface area contributed by atoms with Gasteiger partial charge in [-0.3, -0.25) is 4.68 Å². The van der Waals surface area contributed by atoms with E-state index < -0.39 is 0 Å². The van der Waals surface area contributed by atoms with Crippen LogP contribution in [0.15, 0.2) is 23.3 Å². The minimum atomic E-state index is 0.433. The van der Waals surface area contributed by atoms with Crippen LogP contribution in [0.4, 0.5) is 0 Å². The lowest BCUT2D eigenvalue weighted by atomic mass is 9.72. The van der Waals surface area contributed by atoms with Gasteiger partial charge >= 0.3 is 0 Å². The lowest BCUT2D eigenvalue weighted by Crippen LogP contribution is -2.23. The molecule has 0 aliphatic heterocycles. The van der Waals surface area contributed by atoms with Crippen molar-refractivity contribution < 1.29 is 0 Å². The summed E-state index contributed by atoms with van der Waals surface area (Å²) in [6, 6.07) is 0.433. The Morgan fingerprint density at radius 2 is 1.69 bits per heavy atom. The molecular formula is C30H50N2. The third kappa shape index (κ3) is 6.84. The highest BCUT2D eigenvalue weighted by Crippen LogP contribution is 2.38. The molecule has 1 fully saturated rings. The quantitative estimate of drug-likeness (QED) is 0.357. The van der Waals surface area contributed by atoms with E-state index in [2.05, 4.69) is 65.3 Å². The lowest BCUT2D eigenvalue weighted by Gasteiger charge is -2.33. The molecule has 0 saturated heterocycles. The topological polar surface area (TPSA) is 17.8 Å². The van der Waals surface area contributed by atoms with Gasteiger partial charge in [0, 0.05) is 17.3 Å². The molecule has 0 aromatic carbocycles. The van der Waals surface area contributed by atoms with Crippen molar-refractivity contribution in [2.24, 2.45) is 23.7 Å². The second-order valence-electron chi connectivity index (χ2n) is 11.9. The average molecular weight is 439 g/mol. The van der Waals surface area contributed by atoms with Crippen LogP contribution in [-0.2, 0) is 12.8 Å². The molecule has 1 heterocycles. The van der Waals surface area contributed by atoms with Crippen LogP contribution >= 0.6 is 0 Å². The number of hydrogen-bond donors (Lipinski definition) is 0. The van der Waals surface area contributed by atoms with Crippen LogP contribution in [0.2, 0.25) is 0 Å². The summed E-state index contributed by atoms with van der Waals surface area (Å²) in [7, 11) is 0. The van der Waals surface area contributed by atoms with Crippen molar-refractivity contribution in [2.75, 3.05) is 0 Å². The molecule has 2 nitrogen and oxygen atoms in total. The number of unbranched alkanes of at least 4 members (excludes halogenated alkanes) is 1. The van der Waals surface area contributed by atoms with E-state index in [-0.39, 0.29) is 0 Å². The van der Waals surface area contributed by atoms with E-state index in [4.69, 9.17) is 5.10 Å². The molecule has 1 saturated carbocycles. The van der Waals surface area contributed by atoms with Crippen LogP contribution in [0.1, 0.15) is 122 Å². The highest BCUT2D eigenvalue weighted by Gasteiger charge is 2.28. The first-order chi connectivity index (χ1) is 15.3. The van der Waals surface area contributed by atoms with E-state index in [0.29, 0.717) is 6.04 Å². The number of allylic oxidation sites excluding steroid dienone is 4. The molecular weight excluding hydrogens is 388 g/mol. The van der Waals surface area contributed by atoms with Gasteiger partial charge in [0.05, 0.1) is 5.69 Å². The summed E-state index contributed by atoms with van der Waals surface area (Å²) in [5, 5.41) is 5.21. The molecule has 0 amide bonds. The summed E-state index contributed by atoms with van der Waals surface area (Å²) in [6.07, 6.45) is 19.3. The smallest absolute Gasteiger partial charge is 0.0665 e. The predicted octanol–water partition coefficient (Wildman–Crippen LogP) is 8.79. The molecule has 180 valence electrons. The Bertz CT molecular complexity index is 792. The van der Waals surface area contributed by atoms with Gasteiger partial charge in [0.15, 0.2) is 0 Å². The highest BCUT2D eigenvalue weighted by atomic mass is 15.3. The summed E-state index contributed by atoms with van der Waals surface area (Å²) in [5.41, 5.74) is 7.58. The van der Waals surface area contributed by atoms with Crippen LogP contribution in [-0.4, -0.2) is 9.78 Å². The Morgan fingerprint density at radius 3 is 2.31 bits per heavy atom. The Balaban J connectivity index is 1.77. The molecule has 2 heteroatoms. The van der Waals surface area contributed by atoms with E-state index in [9.17, 15) is 0 Å². The van der Waals surface area contributed by atoms with Crippen molar-refractivity contribution in [3.8, 4) is 0 Å². The van der Waals surface area contributed by atoms with Gasteiger partial charge in [0.25, 0.3) is 0 Å². The molecule has 3 unspecified atom stereocenters. The Hall–Kier alpha value is -1.31. The summed E-state index contributed by atoms with van der Waals surface area (Å²) in [6.45, 7) is 16.3. The first-order valence-corrected chi connectivity index (χ1v) is 13.7. The maximum atomic E-state index is 5.21. The number of hydrogen-bond acceptors (Lipinski definition) is 1. The summed E-state index contributed by atoms with van der Waals surface area (Å²) < 4.78 is 2.30. The second kappa shape index (κ2) is 11.7. The zero-order valence-electron chi connectivity index (χ0n) is 22.2. The van der Waals surface area contributed by atoms with Crippen LogP contribution < -0.4 is 0 Å². The summed E-state index contributed by atoms with van der Waals surface area (Å²) in [4.78, 5) is 0. The molecule has 32 heavy (non-hydrogen) atoms. The Morgan fingerprint density at radius 1 is 1.00 bits per heavy atom. The van der Waals surface area contributed by atoms with Crippen molar-refractivity contribution in [3.63, 3.8) is 0 Å². The average Bonchev–Trinajstić information content (AvgIpc) is 3.02. The van der Waals surface area contributed by atoms with Gasteiger partial charge in [-0.15, -0.1) is 0 Å². The molecule has 2 aliphatic carbocycles. The maximum absolute atomic E-state index is 5.21. The third-order valence-electron chi connectivity index (χ3n) is 7.83. The van der Waals surface area contributed by atoms with E-state index in [1.165, 1.54) is 81.2 Å². The van der Waals surface area contributed by atoms with Gasteiger partial charge in [-0.1, -0.05) is 70.3 Å². The Kier molecular flexibility index (Phi) is 9.26. The fraction of sp³-hybridized carbons (Fsp3) is 0.767. The fourth-order valence-electron chi connectivity index (χ4n) is 6.37. The van der Waals surface area contributed by atoms with E-state index in [1.54, 1.807) is 11.1 Å². The maximum Gasteiger partial charge on any atom is 0.0665 e. The molecule has 3 atom stereocenters. The molecule has 2 aliphatic rings. The van der Waals surface area contributed by atoms with Gasteiger partial charge in [-0.2, -0.15) is 5.10 Å².